The van der Waals surface area contributed by atoms with Crippen molar-refractivity contribution in [3.63, 3.8) is 0 Å². The van der Waals surface area contributed by atoms with E-state index in [-0.39, 0.29) is 53.6 Å². The molecule has 0 saturated carbocycles. The minimum Gasteiger partial charge on any atom is -0.328 e. The van der Waals surface area contributed by atoms with Gasteiger partial charge >= 0.3 is 17.2 Å². The van der Waals surface area contributed by atoms with Crippen LogP contribution in [0, 0.1) is 17.8 Å². The molecule has 0 spiro atoms. The summed E-state index contributed by atoms with van der Waals surface area (Å²) in [5.74, 6) is 0.582. The van der Waals surface area contributed by atoms with Crippen LogP contribution in [0.4, 0.5) is 0 Å². The van der Waals surface area contributed by atoms with E-state index < -0.39 is 17.2 Å². The van der Waals surface area contributed by atoms with Crippen LogP contribution in [0.2, 0.25) is 0 Å². The lowest BCUT2D eigenvalue weighted by molar-refractivity contribution is 0.0910. The van der Waals surface area contributed by atoms with Gasteiger partial charge in [-0.3, -0.25) is 0 Å². The summed E-state index contributed by atoms with van der Waals surface area (Å²) in [5, 5.41) is 0. The zero-order chi connectivity index (χ0) is 48.6. The van der Waals surface area contributed by atoms with Crippen LogP contribution < -0.4 is 0 Å². The van der Waals surface area contributed by atoms with Gasteiger partial charge in [0.15, 0.2) is 0 Å². The summed E-state index contributed by atoms with van der Waals surface area (Å²) in [6.45, 7) is 21.2. The van der Waals surface area contributed by atoms with Gasteiger partial charge in [-0.25, -0.2) is 0 Å². The van der Waals surface area contributed by atoms with E-state index in [9.17, 15) is 19.6 Å². The average Bonchev–Trinajstić information content (AvgIpc) is 3.27. The van der Waals surface area contributed by atoms with Crippen molar-refractivity contribution >= 4 is 17.2 Å². The fraction of sp³-hybridized carbons (Fsp3) is 0.793. The minimum absolute atomic E-state index is 0.00739. The Morgan fingerprint density at radius 1 is 0.424 bits per heavy atom. The molecule has 0 aliphatic heterocycles. The SMILES string of the molecule is CCCCCCCCCCCCCCC(CC(COP(O)O)C(C)C(COP(O)O)CC(CCCCCCCCCCCCCC)c1ccccc1C(C)(C)C)c1ccccc1C(C)(C)C. The first-order chi connectivity index (χ1) is 31.6. The molecular formula is C58H104O6P2. The molecule has 0 heterocycles. The van der Waals surface area contributed by atoms with Crippen LogP contribution in [0.15, 0.2) is 48.5 Å². The van der Waals surface area contributed by atoms with Crippen molar-refractivity contribution in [3.8, 4) is 0 Å². The molecule has 0 radical (unpaired) electrons. The number of benzene rings is 2. The number of unbranched alkanes of at least 4 members (excludes halogenated alkanes) is 22. The Morgan fingerprint density at radius 3 is 0.970 bits per heavy atom. The number of hydrogen-bond acceptors (Lipinski definition) is 6. The molecule has 0 saturated heterocycles. The van der Waals surface area contributed by atoms with Gasteiger partial charge in [-0.15, -0.1) is 0 Å². The second-order valence-corrected chi connectivity index (χ2v) is 23.9. The van der Waals surface area contributed by atoms with E-state index in [2.05, 4.69) is 111 Å². The first-order valence-electron chi connectivity index (χ1n) is 27.4. The highest BCUT2D eigenvalue weighted by atomic mass is 31.2. The van der Waals surface area contributed by atoms with Gasteiger partial charge in [0, 0.05) is 0 Å². The van der Waals surface area contributed by atoms with Crippen molar-refractivity contribution in [3.05, 3.63) is 70.8 Å². The van der Waals surface area contributed by atoms with Crippen LogP contribution in [0.25, 0.3) is 0 Å². The molecule has 0 fully saturated rings. The molecule has 8 heteroatoms. The first kappa shape index (κ1) is 61.2. The van der Waals surface area contributed by atoms with Crippen molar-refractivity contribution in [1.29, 1.82) is 0 Å². The van der Waals surface area contributed by atoms with Crippen LogP contribution in [0.5, 0.6) is 0 Å². The zero-order valence-electron chi connectivity index (χ0n) is 44.2. The summed E-state index contributed by atoms with van der Waals surface area (Å²) in [7, 11) is -5.05. The Bertz CT molecular complexity index is 1350. The lowest BCUT2D eigenvalue weighted by Gasteiger charge is -2.37. The van der Waals surface area contributed by atoms with Gasteiger partial charge in [-0.1, -0.05) is 265 Å². The smallest absolute Gasteiger partial charge is 0.327 e. The molecule has 0 amide bonds. The van der Waals surface area contributed by atoms with Gasteiger partial charge in [-0.05, 0) is 88.4 Å². The van der Waals surface area contributed by atoms with Gasteiger partial charge in [0.05, 0.1) is 13.2 Å². The molecule has 6 nitrogen and oxygen atoms in total. The van der Waals surface area contributed by atoms with E-state index in [4.69, 9.17) is 9.05 Å². The quantitative estimate of drug-likeness (QED) is 0.0392. The molecule has 2 rings (SSSR count). The Hall–Kier alpha value is -0.940. The van der Waals surface area contributed by atoms with E-state index in [0.717, 1.165) is 38.5 Å². The topological polar surface area (TPSA) is 99.4 Å². The molecule has 4 unspecified atom stereocenters. The molecule has 4 atom stereocenters. The van der Waals surface area contributed by atoms with E-state index in [1.807, 2.05) is 0 Å². The molecular weight excluding hydrogens is 855 g/mol. The third kappa shape index (κ3) is 26.9. The highest BCUT2D eigenvalue weighted by molar-refractivity contribution is 7.39. The predicted molar refractivity (Wildman–Crippen MR) is 287 cm³/mol. The average molecular weight is 959 g/mol. The van der Waals surface area contributed by atoms with E-state index >= 15 is 0 Å². The fourth-order valence-electron chi connectivity index (χ4n) is 10.6. The molecule has 0 bridgehead atoms. The molecule has 2 aromatic rings. The van der Waals surface area contributed by atoms with Crippen molar-refractivity contribution < 1.29 is 28.6 Å². The maximum Gasteiger partial charge on any atom is 0.327 e. The third-order valence-corrected chi connectivity index (χ3v) is 15.5. The molecule has 4 N–H and O–H groups in total. The Balaban J connectivity index is 2.36. The van der Waals surface area contributed by atoms with Crippen LogP contribution in [-0.2, 0) is 19.9 Å². The van der Waals surface area contributed by atoms with E-state index in [1.54, 1.807) is 0 Å². The lowest BCUT2D eigenvalue weighted by atomic mass is 9.70. The first-order valence-corrected chi connectivity index (χ1v) is 29.7. The van der Waals surface area contributed by atoms with Gasteiger partial charge in [0.25, 0.3) is 0 Å². The van der Waals surface area contributed by atoms with Crippen molar-refractivity contribution in [2.75, 3.05) is 13.2 Å². The van der Waals surface area contributed by atoms with Crippen LogP contribution in [0.3, 0.4) is 0 Å². The van der Waals surface area contributed by atoms with Crippen molar-refractivity contribution in [1.82, 2.24) is 0 Å². The van der Waals surface area contributed by atoms with Gasteiger partial charge < -0.3 is 28.6 Å². The third-order valence-electron chi connectivity index (χ3n) is 14.7. The van der Waals surface area contributed by atoms with Crippen molar-refractivity contribution in [2.45, 2.75) is 265 Å². The summed E-state index contributed by atoms with van der Waals surface area (Å²) in [4.78, 5) is 40.7. The van der Waals surface area contributed by atoms with E-state index in [1.165, 1.54) is 164 Å². The summed E-state index contributed by atoms with van der Waals surface area (Å²) < 4.78 is 11.6. The van der Waals surface area contributed by atoms with Crippen LogP contribution >= 0.6 is 17.2 Å². The molecule has 66 heavy (non-hydrogen) atoms. The summed E-state index contributed by atoms with van der Waals surface area (Å²) in [5.41, 5.74) is 5.49. The lowest BCUT2D eigenvalue weighted by Crippen LogP contribution is -2.31. The predicted octanol–water partition coefficient (Wildman–Crippen LogP) is 18.4. The minimum atomic E-state index is -2.53. The molecule has 0 aliphatic carbocycles. The highest BCUT2D eigenvalue weighted by Crippen LogP contribution is 2.45. The molecule has 0 aromatic heterocycles. The second-order valence-electron chi connectivity index (χ2n) is 22.4. The van der Waals surface area contributed by atoms with E-state index in [0.29, 0.717) is 0 Å². The van der Waals surface area contributed by atoms with Crippen LogP contribution in [0.1, 0.15) is 276 Å². The Kier molecular flexibility index (Phi) is 33.4. The second kappa shape index (κ2) is 36.1. The fourth-order valence-corrected chi connectivity index (χ4v) is 11.3. The zero-order valence-corrected chi connectivity index (χ0v) is 46.0. The van der Waals surface area contributed by atoms with Crippen molar-refractivity contribution in [2.24, 2.45) is 17.8 Å². The molecule has 382 valence electrons. The Labute approximate surface area is 410 Å². The summed E-state index contributed by atoms with van der Waals surface area (Å²) in [6, 6.07) is 18.0. The maximum atomic E-state index is 10.2. The normalized spacial score (nSPS) is 14.8. The highest BCUT2D eigenvalue weighted by Gasteiger charge is 2.34. The monoisotopic (exact) mass is 959 g/mol. The summed E-state index contributed by atoms with van der Waals surface area (Å²) >= 11 is 0. The van der Waals surface area contributed by atoms with Gasteiger partial charge in [0.1, 0.15) is 0 Å². The number of rotatable bonds is 40. The van der Waals surface area contributed by atoms with Gasteiger partial charge in [0.2, 0.25) is 0 Å². The summed E-state index contributed by atoms with van der Waals surface area (Å²) in [6.07, 6.45) is 35.5. The maximum absolute atomic E-state index is 10.2. The molecule has 0 aliphatic rings. The largest absolute Gasteiger partial charge is 0.328 e. The number of hydrogen-bond donors (Lipinski definition) is 4. The molecule has 2 aromatic carbocycles. The standard InChI is InChI=1S/C58H104O6P2/c1-10-12-14-16-18-20-22-24-26-28-30-32-38-49(53-40-34-36-42-55(53)57(4,5)6)44-51(46-63-65(59)60)48(3)52(47-64-66(61)62)45-50(54-41-35-37-43-56(54)58(7,8)9)39-33-31-29-27-25-23-21-19-17-15-13-11-2/h34-37,40-43,48-52,59-62H,10-33,38-39,44-47H2,1-9H3. The Morgan fingerprint density at radius 2 is 0.697 bits per heavy atom. The van der Waals surface area contributed by atoms with Crippen LogP contribution in [-0.4, -0.2) is 32.8 Å². The van der Waals surface area contributed by atoms with Gasteiger partial charge in [-0.2, -0.15) is 0 Å².